The Labute approximate surface area is 190 Å². The van der Waals surface area contributed by atoms with E-state index in [1.165, 1.54) is 6.33 Å². The van der Waals surface area contributed by atoms with Crippen LogP contribution in [0.1, 0.15) is 12.1 Å². The van der Waals surface area contributed by atoms with E-state index in [9.17, 15) is 0 Å². The molecule has 0 bridgehead atoms. The summed E-state index contributed by atoms with van der Waals surface area (Å²) in [6.07, 6.45) is 4.46. The average Bonchev–Trinajstić information content (AvgIpc) is 3.33. The van der Waals surface area contributed by atoms with Crippen LogP contribution in [0.5, 0.6) is 11.5 Å². The van der Waals surface area contributed by atoms with Gasteiger partial charge in [0.05, 0.1) is 16.2 Å². The average molecular weight is 448 g/mol. The number of nitrogens with zero attached hydrogens (tertiary/aromatic N) is 3. The van der Waals surface area contributed by atoms with E-state index >= 15 is 0 Å². The van der Waals surface area contributed by atoms with Gasteiger partial charge in [-0.15, -0.1) is 0 Å². The topological polar surface area (TPSA) is 81.2 Å². The van der Waals surface area contributed by atoms with E-state index < -0.39 is 0 Å². The van der Waals surface area contributed by atoms with E-state index in [1.807, 2.05) is 54.6 Å². The summed E-state index contributed by atoms with van der Waals surface area (Å²) in [7, 11) is 0. The van der Waals surface area contributed by atoms with Crippen LogP contribution in [0.2, 0.25) is 5.02 Å². The molecule has 5 rings (SSSR count). The maximum absolute atomic E-state index is 6.46. The van der Waals surface area contributed by atoms with Crippen molar-refractivity contribution in [2.24, 2.45) is 0 Å². The Morgan fingerprint density at radius 2 is 2.03 bits per heavy atom. The minimum Gasteiger partial charge on any atom is -0.489 e. The van der Waals surface area contributed by atoms with E-state index in [0.717, 1.165) is 47.5 Å². The highest BCUT2D eigenvalue weighted by Gasteiger charge is 2.16. The number of pyridine rings is 1. The van der Waals surface area contributed by atoms with Gasteiger partial charge in [-0.3, -0.25) is 4.98 Å². The highest BCUT2D eigenvalue weighted by atomic mass is 35.5. The van der Waals surface area contributed by atoms with Crippen molar-refractivity contribution < 1.29 is 9.47 Å². The van der Waals surface area contributed by atoms with Crippen molar-refractivity contribution in [3.8, 4) is 11.5 Å². The predicted molar refractivity (Wildman–Crippen MR) is 125 cm³/mol. The first kappa shape index (κ1) is 20.5. The number of benzene rings is 2. The molecule has 0 saturated carbocycles. The summed E-state index contributed by atoms with van der Waals surface area (Å²) in [4.78, 5) is 13.1. The number of nitrogens with one attached hydrogen (secondary N) is 2. The molecule has 0 unspecified atom stereocenters. The molecule has 0 radical (unpaired) electrons. The number of aromatic nitrogens is 3. The predicted octanol–water partition coefficient (Wildman–Crippen LogP) is 4.74. The molecule has 2 aromatic carbocycles. The molecule has 162 valence electrons. The molecule has 4 aromatic rings. The number of rotatable bonds is 7. The van der Waals surface area contributed by atoms with Crippen molar-refractivity contribution in [1.82, 2.24) is 20.3 Å². The SMILES string of the molecule is Clc1cc(Nc2ncnc3ccc(O[C@H]4CCNC4)cc23)ccc1OCc1ccccn1. The number of halogens is 1. The lowest BCUT2D eigenvalue weighted by Crippen LogP contribution is -2.19. The van der Waals surface area contributed by atoms with Gasteiger partial charge in [0, 0.05) is 23.8 Å². The van der Waals surface area contributed by atoms with Crippen molar-refractivity contribution in [3.05, 3.63) is 77.8 Å². The van der Waals surface area contributed by atoms with Gasteiger partial charge in [0.2, 0.25) is 0 Å². The van der Waals surface area contributed by atoms with Crippen LogP contribution in [0.15, 0.2) is 67.1 Å². The summed E-state index contributed by atoms with van der Waals surface area (Å²) < 4.78 is 11.9. The highest BCUT2D eigenvalue weighted by Crippen LogP contribution is 2.32. The standard InChI is InChI=1S/C24H22ClN5O2/c25-21-11-16(4-7-23(21)31-14-17-3-1-2-9-27-17)30-24-20-12-18(32-19-8-10-26-13-19)5-6-22(20)28-15-29-24/h1-7,9,11-12,15,19,26H,8,10,13-14H2,(H,28,29,30)/t19-/m0/s1. The molecule has 1 aliphatic heterocycles. The van der Waals surface area contributed by atoms with E-state index in [-0.39, 0.29) is 6.10 Å². The summed E-state index contributed by atoms with van der Waals surface area (Å²) in [5, 5.41) is 8.03. The lowest BCUT2D eigenvalue weighted by Gasteiger charge is -2.14. The van der Waals surface area contributed by atoms with Gasteiger partial charge in [0.25, 0.3) is 0 Å². The lowest BCUT2D eigenvalue weighted by atomic mass is 10.2. The van der Waals surface area contributed by atoms with Crippen molar-refractivity contribution in [3.63, 3.8) is 0 Å². The molecule has 32 heavy (non-hydrogen) atoms. The smallest absolute Gasteiger partial charge is 0.141 e. The number of hydrogen-bond donors (Lipinski definition) is 2. The van der Waals surface area contributed by atoms with Crippen LogP contribution in [0.25, 0.3) is 10.9 Å². The van der Waals surface area contributed by atoms with Crippen LogP contribution in [0.3, 0.4) is 0 Å². The van der Waals surface area contributed by atoms with Gasteiger partial charge in [-0.25, -0.2) is 9.97 Å². The van der Waals surface area contributed by atoms with Crippen molar-refractivity contribution in [2.45, 2.75) is 19.1 Å². The van der Waals surface area contributed by atoms with Gasteiger partial charge in [-0.1, -0.05) is 17.7 Å². The maximum Gasteiger partial charge on any atom is 0.141 e. The summed E-state index contributed by atoms with van der Waals surface area (Å²) >= 11 is 6.46. The van der Waals surface area contributed by atoms with Crippen LogP contribution in [-0.2, 0) is 6.61 Å². The number of ether oxygens (including phenoxy) is 2. The Morgan fingerprint density at radius 3 is 2.84 bits per heavy atom. The molecule has 2 N–H and O–H groups in total. The summed E-state index contributed by atoms with van der Waals surface area (Å²) in [6, 6.07) is 17.1. The van der Waals surface area contributed by atoms with Crippen LogP contribution < -0.4 is 20.1 Å². The fraction of sp³-hybridized carbons (Fsp3) is 0.208. The second-order valence-electron chi connectivity index (χ2n) is 7.51. The summed E-state index contributed by atoms with van der Waals surface area (Å²) in [6.45, 7) is 2.20. The molecule has 0 amide bonds. The molecule has 7 nitrogen and oxygen atoms in total. The molecule has 3 heterocycles. The fourth-order valence-electron chi connectivity index (χ4n) is 3.60. The van der Waals surface area contributed by atoms with Crippen molar-refractivity contribution in [2.75, 3.05) is 18.4 Å². The third-order valence-corrected chi connectivity index (χ3v) is 5.52. The zero-order chi connectivity index (χ0) is 21.8. The van der Waals surface area contributed by atoms with Gasteiger partial charge in [-0.2, -0.15) is 0 Å². The van der Waals surface area contributed by atoms with Gasteiger partial charge in [0.15, 0.2) is 0 Å². The second-order valence-corrected chi connectivity index (χ2v) is 7.92. The molecule has 1 fully saturated rings. The third-order valence-electron chi connectivity index (χ3n) is 5.22. The molecule has 8 heteroatoms. The first-order valence-corrected chi connectivity index (χ1v) is 10.8. The quantitative estimate of drug-likeness (QED) is 0.423. The highest BCUT2D eigenvalue weighted by molar-refractivity contribution is 6.32. The zero-order valence-electron chi connectivity index (χ0n) is 17.3. The van der Waals surface area contributed by atoms with Crippen molar-refractivity contribution in [1.29, 1.82) is 0 Å². The van der Waals surface area contributed by atoms with E-state index in [0.29, 0.717) is 23.2 Å². The van der Waals surface area contributed by atoms with E-state index in [4.69, 9.17) is 21.1 Å². The minimum atomic E-state index is 0.186. The van der Waals surface area contributed by atoms with E-state index in [2.05, 4.69) is 25.6 Å². The largest absolute Gasteiger partial charge is 0.489 e. The van der Waals surface area contributed by atoms with E-state index in [1.54, 1.807) is 6.20 Å². The molecule has 1 saturated heterocycles. The minimum absolute atomic E-state index is 0.186. The van der Waals surface area contributed by atoms with Crippen LogP contribution >= 0.6 is 11.6 Å². The number of hydrogen-bond acceptors (Lipinski definition) is 7. The Balaban J connectivity index is 1.33. The lowest BCUT2D eigenvalue weighted by molar-refractivity contribution is 0.223. The summed E-state index contributed by atoms with van der Waals surface area (Å²) in [5.74, 6) is 2.08. The molecule has 0 aliphatic carbocycles. The molecule has 2 aromatic heterocycles. The summed E-state index contributed by atoms with van der Waals surface area (Å²) in [5.41, 5.74) is 2.47. The first-order chi connectivity index (χ1) is 15.7. The monoisotopic (exact) mass is 447 g/mol. The first-order valence-electron chi connectivity index (χ1n) is 10.5. The van der Waals surface area contributed by atoms with Crippen LogP contribution in [0.4, 0.5) is 11.5 Å². The number of anilines is 2. The third kappa shape index (κ3) is 4.74. The molecule has 1 atom stereocenters. The van der Waals surface area contributed by atoms with Crippen LogP contribution in [0, 0.1) is 0 Å². The molecule has 1 aliphatic rings. The maximum atomic E-state index is 6.46. The van der Waals surface area contributed by atoms with Crippen LogP contribution in [-0.4, -0.2) is 34.1 Å². The second kappa shape index (κ2) is 9.38. The van der Waals surface area contributed by atoms with Gasteiger partial charge in [-0.05, 0) is 61.5 Å². The Hall–Kier alpha value is -3.42. The zero-order valence-corrected chi connectivity index (χ0v) is 18.0. The number of fused-ring (bicyclic) bond motifs is 1. The Kier molecular flexibility index (Phi) is 6.00. The van der Waals surface area contributed by atoms with Crippen molar-refractivity contribution >= 4 is 34.0 Å². The van der Waals surface area contributed by atoms with Gasteiger partial charge >= 0.3 is 0 Å². The normalized spacial score (nSPS) is 15.6. The molecule has 0 spiro atoms. The van der Waals surface area contributed by atoms with Gasteiger partial charge < -0.3 is 20.1 Å². The van der Waals surface area contributed by atoms with Gasteiger partial charge in [0.1, 0.15) is 36.4 Å². The Morgan fingerprint density at radius 1 is 1.06 bits per heavy atom. The molecular formula is C24H22ClN5O2. The molecular weight excluding hydrogens is 426 g/mol. The fourth-order valence-corrected chi connectivity index (χ4v) is 3.83. The Bertz CT molecular complexity index is 1220.